The molecule has 5 nitrogen and oxygen atoms in total. The van der Waals surface area contributed by atoms with Crippen LogP contribution in [0.3, 0.4) is 0 Å². The molecule has 2 aromatic rings. The molecular formula is C15H20N4O. The standard InChI is InChI=1S/C15H20N4O/c1-11(2)19-8-7-17-14(15(19)20)18(3)13-6-4-5-12(9-13)10-16/h4-9,11H,10,16H2,1-3H3. The van der Waals surface area contributed by atoms with Crippen molar-refractivity contribution in [2.45, 2.75) is 26.4 Å². The molecule has 2 N–H and O–H groups in total. The second-order valence-corrected chi connectivity index (χ2v) is 4.99. The Hall–Kier alpha value is -2.14. The molecular weight excluding hydrogens is 252 g/mol. The highest BCUT2D eigenvalue weighted by molar-refractivity contribution is 5.59. The highest BCUT2D eigenvalue weighted by atomic mass is 16.1. The van der Waals surface area contributed by atoms with E-state index >= 15 is 0 Å². The number of anilines is 2. The normalized spacial score (nSPS) is 10.8. The van der Waals surface area contributed by atoms with Crippen LogP contribution >= 0.6 is 0 Å². The Morgan fingerprint density at radius 1 is 1.40 bits per heavy atom. The van der Waals surface area contributed by atoms with Gasteiger partial charge in [0.2, 0.25) is 0 Å². The summed E-state index contributed by atoms with van der Waals surface area (Å²) in [5, 5.41) is 0. The van der Waals surface area contributed by atoms with E-state index in [1.165, 1.54) is 0 Å². The van der Waals surface area contributed by atoms with Gasteiger partial charge in [-0.05, 0) is 31.5 Å². The number of aromatic nitrogens is 2. The molecule has 0 radical (unpaired) electrons. The maximum Gasteiger partial charge on any atom is 0.294 e. The smallest absolute Gasteiger partial charge is 0.294 e. The van der Waals surface area contributed by atoms with Gasteiger partial charge in [0, 0.05) is 37.7 Å². The molecule has 1 aromatic carbocycles. The molecule has 1 aromatic heterocycles. The van der Waals surface area contributed by atoms with Crippen LogP contribution in [-0.4, -0.2) is 16.6 Å². The van der Waals surface area contributed by atoms with Crippen LogP contribution in [0.5, 0.6) is 0 Å². The quantitative estimate of drug-likeness (QED) is 0.925. The van der Waals surface area contributed by atoms with Gasteiger partial charge in [-0.3, -0.25) is 4.79 Å². The van der Waals surface area contributed by atoms with Crippen LogP contribution in [0.2, 0.25) is 0 Å². The molecule has 106 valence electrons. The summed E-state index contributed by atoms with van der Waals surface area (Å²) in [6.45, 7) is 4.42. The van der Waals surface area contributed by atoms with Crippen molar-refractivity contribution in [3.05, 3.63) is 52.6 Å². The first-order chi connectivity index (χ1) is 9.54. The van der Waals surface area contributed by atoms with Gasteiger partial charge in [0.05, 0.1) is 0 Å². The van der Waals surface area contributed by atoms with Gasteiger partial charge >= 0.3 is 0 Å². The van der Waals surface area contributed by atoms with Gasteiger partial charge in [-0.1, -0.05) is 12.1 Å². The minimum Gasteiger partial charge on any atom is -0.326 e. The molecule has 5 heteroatoms. The largest absolute Gasteiger partial charge is 0.326 e. The van der Waals surface area contributed by atoms with E-state index in [0.717, 1.165) is 11.3 Å². The van der Waals surface area contributed by atoms with Crippen LogP contribution in [0.4, 0.5) is 11.5 Å². The number of hydrogen-bond acceptors (Lipinski definition) is 4. The van der Waals surface area contributed by atoms with Gasteiger partial charge in [-0.25, -0.2) is 4.98 Å². The minimum absolute atomic E-state index is 0.0943. The molecule has 0 aliphatic rings. The van der Waals surface area contributed by atoms with E-state index in [4.69, 9.17) is 5.73 Å². The number of nitrogens with two attached hydrogens (primary N) is 1. The topological polar surface area (TPSA) is 64.2 Å². The van der Waals surface area contributed by atoms with Gasteiger partial charge in [-0.15, -0.1) is 0 Å². The van der Waals surface area contributed by atoms with Crippen LogP contribution < -0.4 is 16.2 Å². The van der Waals surface area contributed by atoms with Crippen LogP contribution in [0.1, 0.15) is 25.5 Å². The highest BCUT2D eigenvalue weighted by Crippen LogP contribution is 2.20. The van der Waals surface area contributed by atoms with E-state index in [0.29, 0.717) is 12.4 Å². The van der Waals surface area contributed by atoms with E-state index in [-0.39, 0.29) is 11.6 Å². The van der Waals surface area contributed by atoms with Gasteiger partial charge < -0.3 is 15.2 Å². The number of nitrogens with zero attached hydrogens (tertiary/aromatic N) is 3. The minimum atomic E-state index is -0.0943. The monoisotopic (exact) mass is 272 g/mol. The van der Waals surface area contributed by atoms with Crippen molar-refractivity contribution < 1.29 is 0 Å². The third kappa shape index (κ3) is 2.72. The van der Waals surface area contributed by atoms with Crippen molar-refractivity contribution in [3.63, 3.8) is 0 Å². The Balaban J connectivity index is 2.45. The fraction of sp³-hybridized carbons (Fsp3) is 0.333. The SMILES string of the molecule is CC(C)n1ccnc(N(C)c2cccc(CN)c2)c1=O. The fourth-order valence-electron chi connectivity index (χ4n) is 2.07. The predicted molar refractivity (Wildman–Crippen MR) is 81.3 cm³/mol. The Bertz CT molecular complexity index is 648. The molecule has 0 aliphatic carbocycles. The molecule has 0 bridgehead atoms. The molecule has 0 saturated heterocycles. The van der Waals surface area contributed by atoms with Crippen molar-refractivity contribution in [2.75, 3.05) is 11.9 Å². The van der Waals surface area contributed by atoms with E-state index in [1.807, 2.05) is 45.2 Å². The van der Waals surface area contributed by atoms with E-state index in [2.05, 4.69) is 4.98 Å². The first-order valence-corrected chi connectivity index (χ1v) is 6.64. The lowest BCUT2D eigenvalue weighted by Gasteiger charge is -2.20. The Morgan fingerprint density at radius 3 is 2.80 bits per heavy atom. The second-order valence-electron chi connectivity index (χ2n) is 4.99. The lowest BCUT2D eigenvalue weighted by atomic mass is 10.2. The van der Waals surface area contributed by atoms with Crippen LogP contribution in [-0.2, 0) is 6.54 Å². The van der Waals surface area contributed by atoms with Crippen molar-refractivity contribution in [2.24, 2.45) is 5.73 Å². The van der Waals surface area contributed by atoms with Gasteiger partial charge in [0.15, 0.2) is 5.82 Å². The lowest BCUT2D eigenvalue weighted by molar-refractivity contribution is 0.574. The van der Waals surface area contributed by atoms with E-state index in [9.17, 15) is 4.79 Å². The van der Waals surface area contributed by atoms with Crippen molar-refractivity contribution in [1.82, 2.24) is 9.55 Å². The summed E-state index contributed by atoms with van der Waals surface area (Å²) in [4.78, 5) is 18.4. The van der Waals surface area contributed by atoms with Gasteiger partial charge in [-0.2, -0.15) is 0 Å². The molecule has 0 amide bonds. The third-order valence-corrected chi connectivity index (χ3v) is 3.26. The van der Waals surface area contributed by atoms with E-state index in [1.54, 1.807) is 21.9 Å². The second kappa shape index (κ2) is 5.88. The molecule has 0 spiro atoms. The summed E-state index contributed by atoms with van der Waals surface area (Å²) in [6.07, 6.45) is 3.36. The Morgan fingerprint density at radius 2 is 2.15 bits per heavy atom. The summed E-state index contributed by atoms with van der Waals surface area (Å²) < 4.78 is 1.67. The molecule has 20 heavy (non-hydrogen) atoms. The Kier molecular flexibility index (Phi) is 4.20. The van der Waals surface area contributed by atoms with Crippen LogP contribution in [0.25, 0.3) is 0 Å². The molecule has 1 heterocycles. The molecule has 0 saturated carbocycles. The van der Waals surface area contributed by atoms with Crippen molar-refractivity contribution >= 4 is 11.5 Å². The Labute approximate surface area is 118 Å². The zero-order valence-corrected chi connectivity index (χ0v) is 12.1. The molecule has 2 rings (SSSR count). The van der Waals surface area contributed by atoms with Gasteiger partial charge in [0.25, 0.3) is 5.56 Å². The third-order valence-electron chi connectivity index (χ3n) is 3.26. The van der Waals surface area contributed by atoms with E-state index < -0.39 is 0 Å². The zero-order chi connectivity index (χ0) is 14.7. The van der Waals surface area contributed by atoms with Crippen LogP contribution in [0, 0.1) is 0 Å². The average molecular weight is 272 g/mol. The lowest BCUT2D eigenvalue weighted by Crippen LogP contribution is -2.28. The first-order valence-electron chi connectivity index (χ1n) is 6.64. The molecule has 0 unspecified atom stereocenters. The van der Waals surface area contributed by atoms with Crippen molar-refractivity contribution in [1.29, 1.82) is 0 Å². The predicted octanol–water partition coefficient (Wildman–Crippen LogP) is 2.05. The molecule has 0 aliphatic heterocycles. The summed E-state index contributed by atoms with van der Waals surface area (Å²) in [5.74, 6) is 0.412. The number of benzene rings is 1. The van der Waals surface area contributed by atoms with Crippen LogP contribution in [0.15, 0.2) is 41.5 Å². The van der Waals surface area contributed by atoms with Crippen molar-refractivity contribution in [3.8, 4) is 0 Å². The number of hydrogen-bond donors (Lipinski definition) is 1. The molecule has 0 atom stereocenters. The number of rotatable bonds is 4. The maximum absolute atomic E-state index is 12.4. The van der Waals surface area contributed by atoms with Gasteiger partial charge in [0.1, 0.15) is 0 Å². The summed E-state index contributed by atoms with van der Waals surface area (Å²) in [6, 6.07) is 7.90. The summed E-state index contributed by atoms with van der Waals surface area (Å²) >= 11 is 0. The maximum atomic E-state index is 12.4. The average Bonchev–Trinajstić information content (AvgIpc) is 2.46. The summed E-state index contributed by atoms with van der Waals surface area (Å²) in [5.41, 5.74) is 7.48. The highest BCUT2D eigenvalue weighted by Gasteiger charge is 2.13. The molecule has 0 fully saturated rings. The fourth-order valence-corrected chi connectivity index (χ4v) is 2.07. The zero-order valence-electron chi connectivity index (χ0n) is 12.1. The first kappa shape index (κ1) is 14.3. The summed E-state index contributed by atoms with van der Waals surface area (Å²) in [7, 11) is 1.84.